The molecule has 84 heavy (non-hydrogen) atoms. The molecule has 0 saturated carbocycles. The summed E-state index contributed by atoms with van der Waals surface area (Å²) in [7, 11) is 0. The Kier molecular flexibility index (Phi) is 14.6. The number of rotatable bonds is 16. The van der Waals surface area contributed by atoms with Gasteiger partial charge in [-0.1, -0.05) is 158 Å². The number of aromatic carboxylic acids is 6. The topological polar surface area (TPSA) is 224 Å². The maximum absolute atomic E-state index is 12.5. The van der Waals surface area contributed by atoms with Gasteiger partial charge in [0.15, 0.2) is 0 Å². The van der Waals surface area contributed by atoms with Crippen LogP contribution < -0.4 is 0 Å². The third-order valence-corrected chi connectivity index (χ3v) is 15.4. The minimum atomic E-state index is -1.19. The van der Waals surface area contributed by atoms with Crippen LogP contribution in [0.25, 0.3) is 77.9 Å². The van der Waals surface area contributed by atoms with Gasteiger partial charge in [0.25, 0.3) is 0 Å². The van der Waals surface area contributed by atoms with Crippen LogP contribution in [0, 0.1) is 0 Å². The van der Waals surface area contributed by atoms with Crippen molar-refractivity contribution in [3.05, 3.63) is 298 Å². The summed E-state index contributed by atoms with van der Waals surface area (Å²) in [6.07, 6.45) is 4.67. The monoisotopic (exact) mass is 1100 g/mol. The predicted molar refractivity (Wildman–Crippen MR) is 321 cm³/mol. The first-order valence-corrected chi connectivity index (χ1v) is 26.5. The molecule has 0 heterocycles. The van der Waals surface area contributed by atoms with Gasteiger partial charge in [-0.25, -0.2) is 28.8 Å². The molecule has 0 saturated heterocycles. The fourth-order valence-corrected chi connectivity index (χ4v) is 11.0. The summed E-state index contributed by atoms with van der Waals surface area (Å²) in [5.74, 6) is -6.47. The maximum atomic E-state index is 12.5. The number of allylic oxidation sites excluding steroid dienone is 4. The van der Waals surface area contributed by atoms with Gasteiger partial charge in [0.05, 0.1) is 33.4 Å². The fraction of sp³-hybridized carbons (Fsp3) is 0.0278. The van der Waals surface area contributed by atoms with E-state index < -0.39 is 41.2 Å². The highest BCUT2D eigenvalue weighted by molar-refractivity contribution is 5.97. The Morgan fingerprint density at radius 3 is 0.810 bits per heavy atom. The van der Waals surface area contributed by atoms with Crippen LogP contribution >= 0.6 is 0 Å². The van der Waals surface area contributed by atoms with E-state index in [0.717, 1.165) is 66.8 Å². The summed E-state index contributed by atoms with van der Waals surface area (Å²) in [6.45, 7) is 0. The van der Waals surface area contributed by atoms with E-state index in [1.807, 2.05) is 84.9 Å². The van der Waals surface area contributed by atoms with E-state index in [1.54, 1.807) is 109 Å². The lowest BCUT2D eigenvalue weighted by Gasteiger charge is -2.40. The molecule has 0 aliphatic heterocycles. The summed E-state index contributed by atoms with van der Waals surface area (Å²) >= 11 is 0. The Bertz CT molecular complexity index is 4220. The molecular formula is C72H48O12. The second-order valence-electron chi connectivity index (χ2n) is 20.4. The largest absolute Gasteiger partial charge is 0.478 e. The van der Waals surface area contributed by atoms with Crippen molar-refractivity contribution in [3.63, 3.8) is 0 Å². The molecule has 1 unspecified atom stereocenters. The molecule has 1 aliphatic rings. The SMILES string of the molecule is O=C(O)c1ccc(-c2ccc(C3=CC(c4ccc(-c5ccc(C(=O)O)cc5)cc4)(c4c(-c5ccc(C(=O)O)cc5)cc(-c5ccc(C(=O)O)cc5)cc4-c4ccc(C(=O)O)cc4)CC(c4ccc(-c5ccc(C(=O)O)cc5)cc4)=C3)cc2)cc1. The molecule has 12 heteroatoms. The van der Waals surface area contributed by atoms with Crippen molar-refractivity contribution in [1.29, 1.82) is 0 Å². The quantitative estimate of drug-likeness (QED) is 0.0532. The average molecular weight is 1110 g/mol. The molecule has 10 aromatic rings. The van der Waals surface area contributed by atoms with Gasteiger partial charge in [-0.2, -0.15) is 0 Å². The van der Waals surface area contributed by atoms with Crippen LogP contribution in [0.5, 0.6) is 0 Å². The summed E-state index contributed by atoms with van der Waals surface area (Å²) in [4.78, 5) is 72.5. The Hall–Kier alpha value is -11.5. The average Bonchev–Trinajstić information content (AvgIpc) is 1.23. The van der Waals surface area contributed by atoms with Gasteiger partial charge in [-0.3, -0.25) is 0 Å². The van der Waals surface area contributed by atoms with Crippen LogP contribution in [0.3, 0.4) is 0 Å². The van der Waals surface area contributed by atoms with E-state index in [0.29, 0.717) is 39.8 Å². The molecule has 0 fully saturated rings. The molecule has 0 radical (unpaired) electrons. The predicted octanol–water partition coefficient (Wildman–Crippen LogP) is 15.7. The van der Waals surface area contributed by atoms with Crippen LogP contribution in [0.15, 0.2) is 243 Å². The Labute approximate surface area is 481 Å². The molecule has 10 aromatic carbocycles. The first kappa shape index (κ1) is 54.5. The van der Waals surface area contributed by atoms with Gasteiger partial charge < -0.3 is 30.6 Å². The summed E-state index contributed by atoms with van der Waals surface area (Å²) in [5.41, 5.74) is 13.2. The molecule has 0 spiro atoms. The fourth-order valence-electron chi connectivity index (χ4n) is 11.0. The van der Waals surface area contributed by atoms with Crippen molar-refractivity contribution in [2.24, 2.45) is 0 Å². The first-order valence-electron chi connectivity index (χ1n) is 26.5. The standard InChI is InChI=1S/C72H48O12/c73-66(74)53-21-9-44(10-22-53)42-1-5-49(6-2-42)60-37-61(50-7-3-43(4-8-50)45-11-23-54(24-12-45)67(75)76)41-72(40-60,62-35-33-47(34-36-62)46-13-25-55(26-14-46)68(77)78)65-63(51-17-29-57(30-18-51)70(81)82)38-59(48-15-27-56(28-16-48)69(79)80)39-64(65)52-19-31-58(32-20-52)71(83)84/h1-40H,41H2,(H,73,74)(H,75,76)(H,77,78)(H,79,80)(H,81,82)(H,83,84). The number of carboxylic acids is 6. The molecule has 0 bridgehead atoms. The molecule has 6 N–H and O–H groups in total. The molecule has 1 aliphatic carbocycles. The van der Waals surface area contributed by atoms with E-state index in [1.165, 1.54) is 36.4 Å². The molecule has 11 rings (SSSR count). The van der Waals surface area contributed by atoms with Crippen molar-refractivity contribution < 1.29 is 59.4 Å². The van der Waals surface area contributed by atoms with Crippen molar-refractivity contribution >= 4 is 47.0 Å². The molecule has 0 amide bonds. The molecule has 408 valence electrons. The van der Waals surface area contributed by atoms with Crippen LogP contribution in [0.4, 0.5) is 0 Å². The minimum Gasteiger partial charge on any atom is -0.478 e. The first-order chi connectivity index (χ1) is 40.5. The van der Waals surface area contributed by atoms with E-state index in [4.69, 9.17) is 0 Å². The highest BCUT2D eigenvalue weighted by atomic mass is 16.4. The Morgan fingerprint density at radius 1 is 0.274 bits per heavy atom. The van der Waals surface area contributed by atoms with Crippen molar-refractivity contribution in [2.75, 3.05) is 0 Å². The van der Waals surface area contributed by atoms with Crippen molar-refractivity contribution in [1.82, 2.24) is 0 Å². The van der Waals surface area contributed by atoms with Gasteiger partial charge in [-0.15, -0.1) is 0 Å². The third-order valence-electron chi connectivity index (χ3n) is 15.4. The van der Waals surface area contributed by atoms with E-state index in [9.17, 15) is 59.4 Å². The minimum absolute atomic E-state index is 0.0551. The molecule has 12 nitrogen and oxygen atoms in total. The smallest absolute Gasteiger partial charge is 0.335 e. The third kappa shape index (κ3) is 10.9. The lowest BCUT2D eigenvalue weighted by atomic mass is 9.62. The van der Waals surface area contributed by atoms with Gasteiger partial charge in [-0.05, 0) is 192 Å². The Balaban J connectivity index is 1.22. The number of carboxylic acid groups (broad SMARTS) is 6. The van der Waals surface area contributed by atoms with Crippen LogP contribution in [-0.4, -0.2) is 66.5 Å². The lowest BCUT2D eigenvalue weighted by Crippen LogP contribution is -2.30. The molecule has 0 aromatic heterocycles. The summed E-state index contributed by atoms with van der Waals surface area (Å²) in [5, 5.41) is 59.3. The van der Waals surface area contributed by atoms with E-state index in [-0.39, 0.29) is 33.4 Å². The van der Waals surface area contributed by atoms with Gasteiger partial charge in [0, 0.05) is 5.41 Å². The second kappa shape index (κ2) is 22.6. The highest BCUT2D eigenvalue weighted by Gasteiger charge is 2.41. The van der Waals surface area contributed by atoms with Crippen LogP contribution in [-0.2, 0) is 5.41 Å². The molecular weight excluding hydrogens is 1060 g/mol. The van der Waals surface area contributed by atoms with E-state index in [2.05, 4.69) is 12.2 Å². The normalized spacial score (nSPS) is 13.7. The maximum Gasteiger partial charge on any atom is 0.335 e. The number of hydrogen-bond acceptors (Lipinski definition) is 6. The zero-order valence-corrected chi connectivity index (χ0v) is 44.4. The van der Waals surface area contributed by atoms with Crippen molar-refractivity contribution in [2.45, 2.75) is 11.8 Å². The number of carbonyl (C=O) groups is 6. The van der Waals surface area contributed by atoms with Crippen LogP contribution in [0.2, 0.25) is 0 Å². The van der Waals surface area contributed by atoms with Gasteiger partial charge in [0.1, 0.15) is 0 Å². The second-order valence-corrected chi connectivity index (χ2v) is 20.4. The number of benzene rings is 10. The highest BCUT2D eigenvalue weighted by Crippen LogP contribution is 2.54. The van der Waals surface area contributed by atoms with Gasteiger partial charge >= 0.3 is 35.8 Å². The molecule has 1 atom stereocenters. The zero-order chi connectivity index (χ0) is 58.8. The zero-order valence-electron chi connectivity index (χ0n) is 44.4. The number of hydrogen-bond donors (Lipinski definition) is 6. The summed E-state index contributed by atoms with van der Waals surface area (Å²) in [6, 6.07) is 67.5. The lowest BCUT2D eigenvalue weighted by molar-refractivity contribution is 0.0686. The van der Waals surface area contributed by atoms with Crippen LogP contribution in [0.1, 0.15) is 90.8 Å². The Morgan fingerprint density at radius 2 is 0.512 bits per heavy atom. The van der Waals surface area contributed by atoms with E-state index >= 15 is 0 Å². The van der Waals surface area contributed by atoms with Crippen molar-refractivity contribution in [3.8, 4) is 66.8 Å². The van der Waals surface area contributed by atoms with Gasteiger partial charge in [0.2, 0.25) is 0 Å². The summed E-state index contributed by atoms with van der Waals surface area (Å²) < 4.78 is 0.